The number of unbranched alkanes of at least 4 members (excludes halogenated alkanes) is 8. The van der Waals surface area contributed by atoms with Gasteiger partial charge in [-0.3, -0.25) is 14.1 Å². The van der Waals surface area contributed by atoms with Crippen LogP contribution in [-0.2, 0) is 28.2 Å². The summed E-state index contributed by atoms with van der Waals surface area (Å²) in [5, 5.41) is 20.5. The predicted molar refractivity (Wildman–Crippen MR) is 187 cm³/mol. The number of carbonyl (C=O) groups is 2. The van der Waals surface area contributed by atoms with Crippen molar-refractivity contribution in [1.82, 2.24) is 0 Å². The number of rotatable bonds is 31. The molecule has 0 aromatic rings. The van der Waals surface area contributed by atoms with Gasteiger partial charge in [0.15, 0.2) is 6.10 Å². The van der Waals surface area contributed by atoms with E-state index in [0.29, 0.717) is 6.42 Å². The highest BCUT2D eigenvalue weighted by atomic mass is 31.2. The molecule has 4 atom stereocenters. The lowest BCUT2D eigenvalue weighted by Gasteiger charge is -2.19. The van der Waals surface area contributed by atoms with Crippen molar-refractivity contribution in [3.8, 4) is 0 Å². The van der Waals surface area contributed by atoms with Gasteiger partial charge in [-0.1, -0.05) is 115 Å². The molecule has 11 heteroatoms. The van der Waals surface area contributed by atoms with Crippen LogP contribution in [0.1, 0.15) is 143 Å². The molecule has 0 aliphatic carbocycles. The monoisotopic (exact) mass is 688 g/mol. The minimum absolute atomic E-state index is 0.102. The first-order chi connectivity index (χ1) is 22.5. The van der Waals surface area contributed by atoms with Crippen LogP contribution in [0.15, 0.2) is 36.5 Å². The zero-order valence-corrected chi connectivity index (χ0v) is 30.2. The van der Waals surface area contributed by atoms with E-state index in [9.17, 15) is 24.4 Å². The van der Waals surface area contributed by atoms with Crippen LogP contribution in [0.25, 0.3) is 0 Å². The van der Waals surface area contributed by atoms with Crippen molar-refractivity contribution in [1.29, 1.82) is 0 Å². The van der Waals surface area contributed by atoms with E-state index in [0.717, 1.165) is 44.4 Å². The zero-order chi connectivity index (χ0) is 35.2. The van der Waals surface area contributed by atoms with Gasteiger partial charge in [-0.05, 0) is 57.3 Å². The predicted octanol–water partition coefficient (Wildman–Crippen LogP) is 8.03. The molecule has 0 aromatic carbocycles. The molecule has 0 saturated carbocycles. The van der Waals surface area contributed by atoms with Gasteiger partial charge in [0.1, 0.15) is 6.61 Å². The number of aliphatic hydroxyl groups is 2. The highest BCUT2D eigenvalue weighted by Crippen LogP contribution is 2.36. The van der Waals surface area contributed by atoms with Gasteiger partial charge in [0, 0.05) is 12.8 Å². The minimum atomic E-state index is -4.83. The van der Waals surface area contributed by atoms with Crippen molar-refractivity contribution in [2.45, 2.75) is 161 Å². The van der Waals surface area contributed by atoms with E-state index in [2.05, 4.69) is 49.6 Å². The second-order valence-electron chi connectivity index (χ2n) is 12.4. The maximum absolute atomic E-state index is 12.4. The number of esters is 2. The van der Waals surface area contributed by atoms with Crippen LogP contribution in [0.5, 0.6) is 0 Å². The fourth-order valence-electron chi connectivity index (χ4n) is 4.69. The van der Waals surface area contributed by atoms with E-state index in [4.69, 9.17) is 19.3 Å². The first-order valence-corrected chi connectivity index (χ1v) is 19.4. The largest absolute Gasteiger partial charge is 0.469 e. The van der Waals surface area contributed by atoms with Crippen molar-refractivity contribution in [3.05, 3.63) is 36.5 Å². The maximum Gasteiger partial charge on any atom is 0.469 e. The fourth-order valence-corrected chi connectivity index (χ4v) is 5.05. The van der Waals surface area contributed by atoms with Gasteiger partial charge < -0.3 is 29.5 Å². The highest BCUT2D eigenvalue weighted by molar-refractivity contribution is 7.46. The number of allylic oxidation sites excluding steroid dienone is 5. The summed E-state index contributed by atoms with van der Waals surface area (Å²) in [7, 11) is -4.83. The molecule has 0 saturated heterocycles. The van der Waals surface area contributed by atoms with Crippen molar-refractivity contribution >= 4 is 19.8 Å². The summed E-state index contributed by atoms with van der Waals surface area (Å²) >= 11 is 0. The molecule has 0 radical (unpaired) electrons. The lowest BCUT2D eigenvalue weighted by atomic mass is 10.00. The molecular weight excluding hydrogens is 623 g/mol. The molecule has 0 aromatic heterocycles. The van der Waals surface area contributed by atoms with Crippen molar-refractivity contribution in [2.75, 3.05) is 13.2 Å². The van der Waals surface area contributed by atoms with Crippen LogP contribution in [0.4, 0.5) is 0 Å². The molecule has 0 amide bonds. The Kier molecular flexibility index (Phi) is 29.1. The Morgan fingerprint density at radius 2 is 1.32 bits per heavy atom. The molecule has 0 spiro atoms. The first kappa shape index (κ1) is 45.2. The summed E-state index contributed by atoms with van der Waals surface area (Å²) in [4.78, 5) is 42.6. The van der Waals surface area contributed by atoms with Crippen LogP contribution >= 0.6 is 7.82 Å². The summed E-state index contributed by atoms with van der Waals surface area (Å²) in [5.74, 6) is -0.412. The number of carbonyl (C=O) groups excluding carboxylic acids is 2. The van der Waals surface area contributed by atoms with Crippen LogP contribution < -0.4 is 0 Å². The van der Waals surface area contributed by atoms with E-state index in [1.54, 1.807) is 0 Å². The summed E-state index contributed by atoms with van der Waals surface area (Å²) in [5.41, 5.74) is 0. The van der Waals surface area contributed by atoms with Gasteiger partial charge in [0.25, 0.3) is 0 Å². The molecule has 0 bridgehead atoms. The van der Waals surface area contributed by atoms with Crippen molar-refractivity contribution in [3.63, 3.8) is 0 Å². The van der Waals surface area contributed by atoms with E-state index >= 15 is 0 Å². The molecule has 0 rings (SSSR count). The van der Waals surface area contributed by atoms with E-state index < -0.39 is 51.3 Å². The Morgan fingerprint density at radius 1 is 0.702 bits per heavy atom. The summed E-state index contributed by atoms with van der Waals surface area (Å²) < 4.78 is 26.1. The number of hydrogen-bond donors (Lipinski definition) is 4. The fraction of sp³-hybridized carbons (Fsp3) is 0.778. The van der Waals surface area contributed by atoms with Crippen LogP contribution in [0, 0.1) is 5.92 Å². The average Bonchev–Trinajstić information content (AvgIpc) is 3.03. The Hall–Kier alpha value is -1.81. The summed E-state index contributed by atoms with van der Waals surface area (Å²) in [6, 6.07) is 0. The second kappa shape index (κ2) is 30.3. The van der Waals surface area contributed by atoms with E-state index in [-0.39, 0.29) is 32.1 Å². The quantitative estimate of drug-likeness (QED) is 0.0243. The molecule has 0 heterocycles. The maximum atomic E-state index is 12.4. The number of aliphatic hydroxyl groups excluding tert-OH is 2. The molecule has 47 heavy (non-hydrogen) atoms. The van der Waals surface area contributed by atoms with E-state index in [1.165, 1.54) is 44.9 Å². The number of phosphoric ester groups is 1. The molecular formula is C36H65O10P. The molecule has 0 fully saturated rings. The normalized spacial score (nSPS) is 15.0. The Morgan fingerprint density at radius 3 is 1.98 bits per heavy atom. The van der Waals surface area contributed by atoms with Gasteiger partial charge >= 0.3 is 19.8 Å². The molecule has 274 valence electrons. The van der Waals surface area contributed by atoms with Gasteiger partial charge in [-0.15, -0.1) is 0 Å². The second-order valence-corrected chi connectivity index (χ2v) is 13.6. The summed E-state index contributed by atoms with van der Waals surface area (Å²) in [6.45, 7) is 5.64. The van der Waals surface area contributed by atoms with Crippen molar-refractivity contribution < 1.29 is 48.2 Å². The Bertz CT molecular complexity index is 913. The van der Waals surface area contributed by atoms with Crippen molar-refractivity contribution in [2.24, 2.45) is 5.92 Å². The third-order valence-corrected chi connectivity index (χ3v) is 8.39. The highest BCUT2D eigenvalue weighted by Gasteiger charge is 2.23. The van der Waals surface area contributed by atoms with Gasteiger partial charge in [0.05, 0.1) is 18.8 Å². The van der Waals surface area contributed by atoms with Gasteiger partial charge in [0.2, 0.25) is 0 Å². The SMILES string of the molecule is CCCCC/C=C\C/C=C\C/C=C\CC(O)C(O)CCCC(=O)O[C@H](COC(=O)CCCCCCCCC(C)CC)COP(=O)(O)O. The Labute approximate surface area is 284 Å². The zero-order valence-electron chi connectivity index (χ0n) is 29.3. The molecule has 3 unspecified atom stereocenters. The van der Waals surface area contributed by atoms with E-state index in [1.807, 2.05) is 12.2 Å². The molecule has 0 aliphatic heterocycles. The average molecular weight is 689 g/mol. The smallest absolute Gasteiger partial charge is 0.462 e. The van der Waals surface area contributed by atoms with Crippen LogP contribution in [0.3, 0.4) is 0 Å². The van der Waals surface area contributed by atoms with Gasteiger partial charge in [-0.25, -0.2) is 4.57 Å². The number of phosphoric acid groups is 1. The molecule has 10 nitrogen and oxygen atoms in total. The molecule has 4 N–H and O–H groups in total. The minimum Gasteiger partial charge on any atom is -0.462 e. The lowest BCUT2D eigenvalue weighted by Crippen LogP contribution is -2.30. The third kappa shape index (κ3) is 31.2. The first-order valence-electron chi connectivity index (χ1n) is 17.8. The van der Waals surface area contributed by atoms with Gasteiger partial charge in [-0.2, -0.15) is 0 Å². The topological polar surface area (TPSA) is 160 Å². The molecule has 0 aliphatic rings. The van der Waals surface area contributed by atoms with Crippen LogP contribution in [-0.4, -0.2) is 63.5 Å². The lowest BCUT2D eigenvalue weighted by molar-refractivity contribution is -0.161. The third-order valence-electron chi connectivity index (χ3n) is 7.90. The number of hydrogen-bond acceptors (Lipinski definition) is 8. The number of ether oxygens (including phenoxy) is 2. The summed E-state index contributed by atoms with van der Waals surface area (Å²) in [6.07, 6.45) is 24.9. The standard InChI is InChI=1S/C36H65O10P/c1-4-6-7-8-9-10-11-12-13-14-18-21-25-33(37)34(38)26-23-28-36(40)46-32(30-45-47(41,42)43)29-44-35(39)27-22-19-16-15-17-20-24-31(3)5-2/h9-10,12-13,18,21,31-34,37-38H,4-8,11,14-17,19-20,22-30H2,1-3H3,(H2,41,42,43)/b10-9-,13-12-,21-18-/t31?,32-,33?,34?/m1/s1. The Balaban J connectivity index is 4.31. The van der Waals surface area contributed by atoms with Crippen LogP contribution in [0.2, 0.25) is 0 Å².